The molecule has 1 heterocycles. The number of β-amino-alcohol motifs (C(OH)–C–C–N with tert-alkyl or cyclic N) is 2. The molecule has 0 spiro atoms. The van der Waals surface area contributed by atoms with Gasteiger partial charge in [0.05, 0.1) is 12.2 Å². The van der Waals surface area contributed by atoms with Crippen molar-refractivity contribution in [3.8, 4) is 0 Å². The molecular formula is C13H14FNO3. The van der Waals surface area contributed by atoms with Crippen molar-refractivity contribution < 1.29 is 19.4 Å². The minimum absolute atomic E-state index is 0.0988. The van der Waals surface area contributed by atoms with Crippen molar-refractivity contribution in [1.29, 1.82) is 0 Å². The topological polar surface area (TPSA) is 60.8 Å². The lowest BCUT2D eigenvalue weighted by Crippen LogP contribution is -2.27. The normalized spacial score (nSPS) is 23.8. The maximum Gasteiger partial charge on any atom is 0.246 e. The molecule has 0 aliphatic carbocycles. The number of rotatable bonds is 2. The van der Waals surface area contributed by atoms with E-state index in [1.165, 1.54) is 23.1 Å². The van der Waals surface area contributed by atoms with Crippen molar-refractivity contribution in [1.82, 2.24) is 4.90 Å². The summed E-state index contributed by atoms with van der Waals surface area (Å²) < 4.78 is 13.3. The summed E-state index contributed by atoms with van der Waals surface area (Å²) in [5.41, 5.74) is 0.325. The molecule has 4 nitrogen and oxygen atoms in total. The standard InChI is InChI=1S/C13H14FNO3/c14-10-4-2-1-3-9(10)5-6-13(18)15-7-11(16)12(17)8-15/h1-6,11-12,16-17H,7-8H2/t11-,12+. The van der Waals surface area contributed by atoms with E-state index < -0.39 is 18.0 Å². The minimum atomic E-state index is -0.907. The summed E-state index contributed by atoms with van der Waals surface area (Å²) >= 11 is 0. The highest BCUT2D eigenvalue weighted by molar-refractivity contribution is 5.92. The van der Waals surface area contributed by atoms with Gasteiger partial charge in [0, 0.05) is 24.7 Å². The van der Waals surface area contributed by atoms with Crippen molar-refractivity contribution in [2.75, 3.05) is 13.1 Å². The molecule has 1 saturated heterocycles. The zero-order chi connectivity index (χ0) is 13.1. The lowest BCUT2D eigenvalue weighted by Gasteiger charge is -2.12. The van der Waals surface area contributed by atoms with Crippen LogP contribution in [0.4, 0.5) is 4.39 Å². The molecule has 96 valence electrons. The number of hydrogen-bond donors (Lipinski definition) is 2. The van der Waals surface area contributed by atoms with Gasteiger partial charge in [0.1, 0.15) is 5.82 Å². The van der Waals surface area contributed by atoms with Crippen LogP contribution in [0.3, 0.4) is 0 Å². The molecule has 1 aliphatic rings. The first-order valence-corrected chi connectivity index (χ1v) is 5.65. The van der Waals surface area contributed by atoms with E-state index in [2.05, 4.69) is 0 Å². The zero-order valence-electron chi connectivity index (χ0n) is 9.66. The quantitative estimate of drug-likeness (QED) is 0.748. The van der Waals surface area contributed by atoms with Crippen molar-refractivity contribution >= 4 is 12.0 Å². The lowest BCUT2D eigenvalue weighted by atomic mass is 10.2. The average Bonchev–Trinajstić information content (AvgIpc) is 2.68. The fourth-order valence-electron chi connectivity index (χ4n) is 1.83. The summed E-state index contributed by atoms with van der Waals surface area (Å²) in [6.45, 7) is 0.198. The Morgan fingerprint density at radius 3 is 2.50 bits per heavy atom. The second-order valence-electron chi connectivity index (χ2n) is 4.23. The van der Waals surface area contributed by atoms with Gasteiger partial charge in [-0.05, 0) is 12.1 Å². The summed E-state index contributed by atoms with van der Waals surface area (Å²) in [4.78, 5) is 13.0. The van der Waals surface area contributed by atoms with Crippen molar-refractivity contribution in [3.63, 3.8) is 0 Å². The molecule has 1 aliphatic heterocycles. The van der Waals surface area contributed by atoms with Crippen LogP contribution < -0.4 is 0 Å². The molecule has 2 rings (SSSR count). The van der Waals surface area contributed by atoms with Gasteiger partial charge in [0.2, 0.25) is 5.91 Å². The molecule has 0 aromatic heterocycles. The number of benzene rings is 1. The second-order valence-corrected chi connectivity index (χ2v) is 4.23. The van der Waals surface area contributed by atoms with E-state index in [-0.39, 0.29) is 19.0 Å². The maximum atomic E-state index is 13.3. The molecule has 0 unspecified atom stereocenters. The van der Waals surface area contributed by atoms with Crippen LogP contribution in [0.5, 0.6) is 0 Å². The van der Waals surface area contributed by atoms with Gasteiger partial charge in [0.15, 0.2) is 0 Å². The molecule has 2 atom stereocenters. The number of halogens is 1. The van der Waals surface area contributed by atoms with Gasteiger partial charge in [-0.1, -0.05) is 18.2 Å². The Morgan fingerprint density at radius 1 is 1.28 bits per heavy atom. The van der Waals surface area contributed by atoms with Gasteiger partial charge in [-0.25, -0.2) is 4.39 Å². The summed E-state index contributed by atoms with van der Waals surface area (Å²) in [5.74, 6) is -0.753. The van der Waals surface area contributed by atoms with Crippen LogP contribution in [-0.4, -0.2) is 46.3 Å². The highest BCUT2D eigenvalue weighted by atomic mass is 19.1. The van der Waals surface area contributed by atoms with E-state index in [1.807, 2.05) is 0 Å². The van der Waals surface area contributed by atoms with Gasteiger partial charge < -0.3 is 15.1 Å². The Balaban J connectivity index is 2.02. The largest absolute Gasteiger partial charge is 0.388 e. The van der Waals surface area contributed by atoms with Crippen LogP contribution in [0.2, 0.25) is 0 Å². The molecule has 2 N–H and O–H groups in total. The van der Waals surface area contributed by atoms with E-state index in [9.17, 15) is 19.4 Å². The van der Waals surface area contributed by atoms with Crippen LogP contribution in [0.15, 0.2) is 30.3 Å². The number of amides is 1. The highest BCUT2D eigenvalue weighted by Gasteiger charge is 2.31. The maximum absolute atomic E-state index is 13.3. The van der Waals surface area contributed by atoms with Gasteiger partial charge in [-0.3, -0.25) is 4.79 Å². The summed E-state index contributed by atoms with van der Waals surface area (Å²) in [6, 6.07) is 6.12. The SMILES string of the molecule is O=C(C=Cc1ccccc1F)N1C[C@@H](O)[C@@H](O)C1. The molecule has 0 bridgehead atoms. The smallest absolute Gasteiger partial charge is 0.246 e. The van der Waals surface area contributed by atoms with Crippen LogP contribution in [0, 0.1) is 5.82 Å². The van der Waals surface area contributed by atoms with Crippen molar-refractivity contribution in [2.24, 2.45) is 0 Å². The molecule has 1 aromatic carbocycles. The van der Waals surface area contributed by atoms with Gasteiger partial charge in [-0.15, -0.1) is 0 Å². The van der Waals surface area contributed by atoms with Gasteiger partial charge in [0.25, 0.3) is 0 Å². The van der Waals surface area contributed by atoms with E-state index in [4.69, 9.17) is 0 Å². The van der Waals surface area contributed by atoms with Crippen molar-refractivity contribution in [2.45, 2.75) is 12.2 Å². The third kappa shape index (κ3) is 2.75. The van der Waals surface area contributed by atoms with Crippen LogP contribution in [0.25, 0.3) is 6.08 Å². The predicted octanol–water partition coefficient (Wildman–Crippen LogP) is 0.403. The fraction of sp³-hybridized carbons (Fsp3) is 0.308. The van der Waals surface area contributed by atoms with Gasteiger partial charge >= 0.3 is 0 Å². The Kier molecular flexibility index (Phi) is 3.74. The average molecular weight is 251 g/mol. The van der Waals surface area contributed by atoms with E-state index in [1.54, 1.807) is 18.2 Å². The third-order valence-electron chi connectivity index (χ3n) is 2.88. The molecule has 0 radical (unpaired) electrons. The Hall–Kier alpha value is -1.72. The van der Waals surface area contributed by atoms with Gasteiger partial charge in [-0.2, -0.15) is 0 Å². The highest BCUT2D eigenvalue weighted by Crippen LogP contribution is 2.12. The molecule has 1 amide bonds. The first kappa shape index (κ1) is 12.7. The van der Waals surface area contributed by atoms with E-state index >= 15 is 0 Å². The number of likely N-dealkylation sites (tertiary alicyclic amines) is 1. The second kappa shape index (κ2) is 5.29. The Bertz CT molecular complexity index is 465. The Labute approximate surface area is 104 Å². The number of hydrogen-bond acceptors (Lipinski definition) is 3. The molecule has 0 saturated carbocycles. The fourth-order valence-corrected chi connectivity index (χ4v) is 1.83. The molecule has 18 heavy (non-hydrogen) atoms. The molecule has 5 heteroatoms. The first-order chi connectivity index (χ1) is 8.58. The Morgan fingerprint density at radius 2 is 1.89 bits per heavy atom. The summed E-state index contributed by atoms with van der Waals surface area (Å²) in [7, 11) is 0. The molecule has 1 fully saturated rings. The lowest BCUT2D eigenvalue weighted by molar-refractivity contribution is -0.125. The zero-order valence-corrected chi connectivity index (χ0v) is 9.66. The number of aliphatic hydroxyl groups is 2. The van der Waals surface area contributed by atoms with E-state index in [0.29, 0.717) is 5.56 Å². The number of carbonyl (C=O) groups excluding carboxylic acids is 1. The van der Waals surface area contributed by atoms with Crippen LogP contribution in [0.1, 0.15) is 5.56 Å². The number of carbonyl (C=O) groups is 1. The number of nitrogens with zero attached hydrogens (tertiary/aromatic N) is 1. The van der Waals surface area contributed by atoms with Crippen molar-refractivity contribution in [3.05, 3.63) is 41.7 Å². The first-order valence-electron chi connectivity index (χ1n) is 5.65. The third-order valence-corrected chi connectivity index (χ3v) is 2.88. The molecular weight excluding hydrogens is 237 g/mol. The summed E-state index contributed by atoms with van der Waals surface area (Å²) in [5, 5.41) is 18.6. The minimum Gasteiger partial charge on any atom is -0.388 e. The monoisotopic (exact) mass is 251 g/mol. The predicted molar refractivity (Wildman–Crippen MR) is 64.0 cm³/mol. The number of aliphatic hydroxyl groups excluding tert-OH is 2. The van der Waals surface area contributed by atoms with Crippen LogP contribution >= 0.6 is 0 Å². The summed E-state index contributed by atoms with van der Waals surface area (Å²) in [6.07, 6.45) is 0.810. The van der Waals surface area contributed by atoms with Crippen LogP contribution in [-0.2, 0) is 4.79 Å². The van der Waals surface area contributed by atoms with E-state index in [0.717, 1.165) is 0 Å². The molecule has 1 aromatic rings.